The number of hydrogen-bond acceptors (Lipinski definition) is 5. The largest absolute Gasteiger partial charge is 0.370 e. The Kier molecular flexibility index (Phi) is 3.91. The molecule has 4 heterocycles. The van der Waals surface area contributed by atoms with E-state index in [1.807, 2.05) is 29.2 Å². The third-order valence-corrected chi connectivity index (χ3v) is 6.34. The molecule has 4 aliphatic heterocycles. The minimum Gasteiger partial charge on any atom is -0.370 e. The molecule has 1 aromatic rings. The van der Waals surface area contributed by atoms with Crippen LogP contribution in [0.1, 0.15) is 42.5 Å². The van der Waals surface area contributed by atoms with Crippen LogP contribution in [0, 0.1) is 0 Å². The maximum absolute atomic E-state index is 12.6. The van der Waals surface area contributed by atoms with Crippen LogP contribution in [0.3, 0.4) is 0 Å². The van der Waals surface area contributed by atoms with Crippen LogP contribution in [0.5, 0.6) is 0 Å². The fourth-order valence-electron chi connectivity index (χ4n) is 4.88. The van der Waals surface area contributed by atoms with Gasteiger partial charge in [0.2, 0.25) is 0 Å². The summed E-state index contributed by atoms with van der Waals surface area (Å²) < 4.78 is 11.8. The van der Waals surface area contributed by atoms with Gasteiger partial charge in [0.05, 0.1) is 17.8 Å². The summed E-state index contributed by atoms with van der Waals surface area (Å²) in [7, 11) is 0. The van der Waals surface area contributed by atoms with Crippen molar-refractivity contribution in [3.63, 3.8) is 0 Å². The van der Waals surface area contributed by atoms with Crippen LogP contribution in [0.4, 0.5) is 5.69 Å². The van der Waals surface area contributed by atoms with E-state index in [0.717, 1.165) is 31.4 Å². The first-order valence-corrected chi connectivity index (χ1v) is 9.82. The van der Waals surface area contributed by atoms with Crippen LogP contribution in [0.2, 0.25) is 0 Å². The smallest absolute Gasteiger partial charge is 0.255 e. The number of benzene rings is 1. The first kappa shape index (κ1) is 17.0. The first-order chi connectivity index (χ1) is 13.1. The number of para-hydroxylation sites is 1. The molecule has 1 aromatic carbocycles. The number of rotatable bonds is 1. The molecule has 2 spiro atoms. The van der Waals surface area contributed by atoms with Gasteiger partial charge < -0.3 is 25.0 Å². The number of piperidine rings is 1. The molecular weight excluding hydrogens is 346 g/mol. The Morgan fingerprint density at radius 3 is 2.78 bits per heavy atom. The highest BCUT2D eigenvalue weighted by molar-refractivity contribution is 6.02. The SMILES string of the molecule is O=C1N[C@@]2(COC3(CCN(C(=O)[C@@H]4CCCO4)CC3)C2)Nc2ccccc21. The second kappa shape index (κ2) is 6.21. The minimum absolute atomic E-state index is 0.0593. The zero-order valence-corrected chi connectivity index (χ0v) is 15.3. The van der Waals surface area contributed by atoms with E-state index in [1.54, 1.807) is 0 Å². The van der Waals surface area contributed by atoms with Gasteiger partial charge in [0.1, 0.15) is 11.8 Å². The van der Waals surface area contributed by atoms with Gasteiger partial charge in [-0.1, -0.05) is 12.1 Å². The molecule has 0 unspecified atom stereocenters. The van der Waals surface area contributed by atoms with E-state index in [9.17, 15) is 9.59 Å². The van der Waals surface area contributed by atoms with Gasteiger partial charge in [-0.05, 0) is 37.8 Å². The van der Waals surface area contributed by atoms with Crippen LogP contribution < -0.4 is 10.6 Å². The Morgan fingerprint density at radius 1 is 1.19 bits per heavy atom. The Hall–Kier alpha value is -2.12. The summed E-state index contributed by atoms with van der Waals surface area (Å²) in [6.45, 7) is 2.48. The molecule has 144 valence electrons. The number of hydrogen-bond donors (Lipinski definition) is 2. The molecule has 3 fully saturated rings. The van der Waals surface area contributed by atoms with Gasteiger partial charge >= 0.3 is 0 Å². The van der Waals surface area contributed by atoms with Gasteiger partial charge in [0.25, 0.3) is 11.8 Å². The van der Waals surface area contributed by atoms with Crippen molar-refractivity contribution in [2.45, 2.75) is 49.5 Å². The average Bonchev–Trinajstić information content (AvgIpc) is 3.31. The van der Waals surface area contributed by atoms with E-state index in [1.165, 1.54) is 0 Å². The maximum Gasteiger partial charge on any atom is 0.255 e. The maximum atomic E-state index is 12.6. The highest BCUT2D eigenvalue weighted by Crippen LogP contribution is 2.43. The van der Waals surface area contributed by atoms with Crippen LogP contribution in [0.15, 0.2) is 24.3 Å². The molecule has 0 saturated carbocycles. The van der Waals surface area contributed by atoms with Crippen molar-refractivity contribution >= 4 is 17.5 Å². The lowest BCUT2D eigenvalue weighted by atomic mass is 9.84. The molecule has 27 heavy (non-hydrogen) atoms. The summed E-state index contributed by atoms with van der Waals surface area (Å²) in [5.41, 5.74) is 0.667. The highest BCUT2D eigenvalue weighted by Gasteiger charge is 2.53. The molecule has 7 heteroatoms. The Labute approximate surface area is 158 Å². The number of fused-ring (bicyclic) bond motifs is 1. The number of anilines is 1. The van der Waals surface area contributed by atoms with E-state index in [0.29, 0.717) is 38.3 Å². The normalized spacial score (nSPS) is 31.6. The predicted molar refractivity (Wildman–Crippen MR) is 98.3 cm³/mol. The zero-order valence-electron chi connectivity index (χ0n) is 15.3. The quantitative estimate of drug-likeness (QED) is 0.782. The molecular formula is C20H25N3O4. The van der Waals surface area contributed by atoms with Crippen molar-refractivity contribution in [3.05, 3.63) is 29.8 Å². The number of nitrogens with zero attached hydrogens (tertiary/aromatic N) is 1. The average molecular weight is 371 g/mol. The fraction of sp³-hybridized carbons (Fsp3) is 0.600. The lowest BCUT2D eigenvalue weighted by Crippen LogP contribution is -2.59. The lowest BCUT2D eigenvalue weighted by Gasteiger charge is -2.41. The van der Waals surface area contributed by atoms with Gasteiger partial charge in [-0.25, -0.2) is 0 Å². The summed E-state index contributed by atoms with van der Waals surface area (Å²) in [5.74, 6) is 0.0593. The van der Waals surface area contributed by atoms with Crippen molar-refractivity contribution in [1.29, 1.82) is 0 Å². The lowest BCUT2D eigenvalue weighted by molar-refractivity contribution is -0.145. The van der Waals surface area contributed by atoms with E-state index in [-0.39, 0.29) is 23.5 Å². The number of carbonyl (C=O) groups is 2. The van der Waals surface area contributed by atoms with Gasteiger partial charge in [-0.15, -0.1) is 0 Å². The molecule has 2 atom stereocenters. The van der Waals surface area contributed by atoms with Crippen molar-refractivity contribution in [2.75, 3.05) is 31.6 Å². The van der Waals surface area contributed by atoms with Crippen LogP contribution >= 0.6 is 0 Å². The topological polar surface area (TPSA) is 79.9 Å². The summed E-state index contributed by atoms with van der Waals surface area (Å²) in [5, 5.41) is 6.62. The minimum atomic E-state index is -0.563. The van der Waals surface area contributed by atoms with Crippen molar-refractivity contribution < 1.29 is 19.1 Å². The third-order valence-electron chi connectivity index (χ3n) is 6.34. The Balaban J connectivity index is 1.26. The van der Waals surface area contributed by atoms with Gasteiger partial charge in [0.15, 0.2) is 0 Å². The second-order valence-corrected chi connectivity index (χ2v) is 8.18. The highest BCUT2D eigenvalue weighted by atomic mass is 16.5. The zero-order chi connectivity index (χ0) is 18.5. The van der Waals surface area contributed by atoms with Crippen molar-refractivity contribution in [2.24, 2.45) is 0 Å². The van der Waals surface area contributed by atoms with Crippen molar-refractivity contribution in [3.8, 4) is 0 Å². The predicted octanol–water partition coefficient (Wildman–Crippen LogP) is 1.50. The molecule has 2 amide bonds. The van der Waals surface area contributed by atoms with Crippen LogP contribution in [-0.4, -0.2) is 60.4 Å². The molecule has 0 bridgehead atoms. The molecule has 5 rings (SSSR count). The van der Waals surface area contributed by atoms with Crippen LogP contribution in [0.25, 0.3) is 0 Å². The molecule has 0 aliphatic carbocycles. The van der Waals surface area contributed by atoms with Gasteiger partial charge in [-0.3, -0.25) is 9.59 Å². The second-order valence-electron chi connectivity index (χ2n) is 8.18. The van der Waals surface area contributed by atoms with Crippen molar-refractivity contribution in [1.82, 2.24) is 10.2 Å². The van der Waals surface area contributed by atoms with Gasteiger partial charge in [0, 0.05) is 31.8 Å². The number of ether oxygens (including phenoxy) is 2. The number of amides is 2. The molecule has 0 radical (unpaired) electrons. The summed E-state index contributed by atoms with van der Waals surface area (Å²) in [6, 6.07) is 7.55. The van der Waals surface area contributed by atoms with Gasteiger partial charge in [-0.2, -0.15) is 0 Å². The van der Waals surface area contributed by atoms with E-state index < -0.39 is 5.66 Å². The standard InChI is InChI=1S/C20H25N3O4/c24-17-14-4-1-2-5-15(14)21-20(22-17)12-19(27-13-20)7-9-23(10-8-19)18(25)16-6-3-11-26-16/h1-2,4-5,16,21H,3,6-13H2,(H,22,24)/t16-,20-/m0/s1. The fourth-order valence-corrected chi connectivity index (χ4v) is 4.88. The first-order valence-electron chi connectivity index (χ1n) is 9.82. The van der Waals surface area contributed by atoms with E-state index in [4.69, 9.17) is 9.47 Å². The molecule has 3 saturated heterocycles. The molecule has 7 nitrogen and oxygen atoms in total. The Morgan fingerprint density at radius 2 is 2.00 bits per heavy atom. The molecule has 4 aliphatic rings. The van der Waals surface area contributed by atoms with E-state index in [2.05, 4.69) is 10.6 Å². The molecule has 2 N–H and O–H groups in total. The monoisotopic (exact) mass is 371 g/mol. The summed E-state index contributed by atoms with van der Waals surface area (Å²) >= 11 is 0. The summed E-state index contributed by atoms with van der Waals surface area (Å²) in [6.07, 6.45) is 3.81. The number of nitrogens with one attached hydrogen (secondary N) is 2. The Bertz CT molecular complexity index is 768. The van der Waals surface area contributed by atoms with E-state index >= 15 is 0 Å². The number of carbonyl (C=O) groups excluding carboxylic acids is 2. The molecule has 0 aromatic heterocycles. The third kappa shape index (κ3) is 2.89. The van der Waals surface area contributed by atoms with Crippen LogP contribution in [-0.2, 0) is 14.3 Å². The summed E-state index contributed by atoms with van der Waals surface area (Å²) in [4.78, 5) is 27.0. The number of likely N-dealkylation sites (tertiary alicyclic amines) is 1.